The summed E-state index contributed by atoms with van der Waals surface area (Å²) < 4.78 is 25.3. The van der Waals surface area contributed by atoms with Gasteiger partial charge in [0.05, 0.1) is 17.3 Å². The van der Waals surface area contributed by atoms with Gasteiger partial charge in [-0.15, -0.1) is 0 Å². The molecule has 2 aromatic carbocycles. The zero-order chi connectivity index (χ0) is 13.8. The van der Waals surface area contributed by atoms with Crippen LogP contribution in [0, 0.1) is 5.82 Å². The Kier molecular flexibility index (Phi) is 4.27. The summed E-state index contributed by atoms with van der Waals surface area (Å²) in [5.74, 6) is 0.666. The van der Waals surface area contributed by atoms with Gasteiger partial charge in [-0.3, -0.25) is 0 Å². The molecule has 5 heteroatoms. The fourth-order valence-electron chi connectivity index (χ4n) is 1.65. The SMILES string of the molecule is COc1cccc(Br)c1OCc1cccc(N)c1F. The Morgan fingerprint density at radius 3 is 2.68 bits per heavy atom. The zero-order valence-electron chi connectivity index (χ0n) is 10.3. The summed E-state index contributed by atoms with van der Waals surface area (Å²) in [5, 5.41) is 0. The summed E-state index contributed by atoms with van der Waals surface area (Å²) in [7, 11) is 1.55. The van der Waals surface area contributed by atoms with Gasteiger partial charge < -0.3 is 15.2 Å². The fraction of sp³-hybridized carbons (Fsp3) is 0.143. The first-order valence-corrected chi connectivity index (χ1v) is 6.41. The first-order chi connectivity index (χ1) is 9.13. The average molecular weight is 326 g/mol. The Morgan fingerprint density at radius 1 is 1.21 bits per heavy atom. The fourth-order valence-corrected chi connectivity index (χ4v) is 2.11. The van der Waals surface area contributed by atoms with Crippen LogP contribution in [-0.4, -0.2) is 7.11 Å². The van der Waals surface area contributed by atoms with Crippen molar-refractivity contribution < 1.29 is 13.9 Å². The standard InChI is InChI=1S/C14H13BrFNO2/c1-18-12-7-3-5-10(15)14(12)19-8-9-4-2-6-11(17)13(9)16/h2-7H,8,17H2,1H3. The molecule has 0 radical (unpaired) electrons. The van der Waals surface area contributed by atoms with Crippen LogP contribution < -0.4 is 15.2 Å². The molecule has 0 atom stereocenters. The van der Waals surface area contributed by atoms with Gasteiger partial charge >= 0.3 is 0 Å². The van der Waals surface area contributed by atoms with Crippen LogP contribution in [-0.2, 0) is 6.61 Å². The summed E-state index contributed by atoms with van der Waals surface area (Å²) in [5.41, 5.74) is 6.02. The van der Waals surface area contributed by atoms with Gasteiger partial charge in [0.2, 0.25) is 0 Å². The molecule has 3 nitrogen and oxygen atoms in total. The van der Waals surface area contributed by atoms with Gasteiger partial charge in [-0.05, 0) is 34.1 Å². The third-order valence-corrected chi connectivity index (χ3v) is 3.26. The molecule has 0 amide bonds. The molecular weight excluding hydrogens is 313 g/mol. The second-order valence-electron chi connectivity index (χ2n) is 3.88. The summed E-state index contributed by atoms with van der Waals surface area (Å²) >= 11 is 3.37. The van der Waals surface area contributed by atoms with Crippen LogP contribution in [0.5, 0.6) is 11.5 Å². The number of halogens is 2. The van der Waals surface area contributed by atoms with E-state index in [2.05, 4.69) is 15.9 Å². The summed E-state index contributed by atoms with van der Waals surface area (Å²) in [6, 6.07) is 10.3. The second kappa shape index (κ2) is 5.93. The van der Waals surface area contributed by atoms with E-state index in [9.17, 15) is 4.39 Å². The van der Waals surface area contributed by atoms with E-state index in [1.807, 2.05) is 12.1 Å². The molecule has 0 heterocycles. The van der Waals surface area contributed by atoms with Gasteiger partial charge in [0, 0.05) is 5.56 Å². The van der Waals surface area contributed by atoms with E-state index in [4.69, 9.17) is 15.2 Å². The normalized spacial score (nSPS) is 10.3. The van der Waals surface area contributed by atoms with Crippen molar-refractivity contribution in [2.45, 2.75) is 6.61 Å². The molecule has 2 aromatic rings. The number of methoxy groups -OCH3 is 1. The first kappa shape index (κ1) is 13.7. The van der Waals surface area contributed by atoms with Gasteiger partial charge in [-0.2, -0.15) is 0 Å². The summed E-state index contributed by atoms with van der Waals surface area (Å²) in [6.07, 6.45) is 0. The molecule has 2 N–H and O–H groups in total. The lowest BCUT2D eigenvalue weighted by Gasteiger charge is -2.13. The number of hydrogen-bond acceptors (Lipinski definition) is 3. The zero-order valence-corrected chi connectivity index (χ0v) is 11.9. The molecule has 0 aromatic heterocycles. The molecule has 0 aliphatic heterocycles. The minimum atomic E-state index is -0.450. The molecule has 0 aliphatic rings. The van der Waals surface area contributed by atoms with Crippen LogP contribution in [0.15, 0.2) is 40.9 Å². The minimum Gasteiger partial charge on any atom is -0.493 e. The number of anilines is 1. The molecule has 0 fully saturated rings. The van der Waals surface area contributed by atoms with Crippen LogP contribution >= 0.6 is 15.9 Å². The van der Waals surface area contributed by atoms with Crippen molar-refractivity contribution in [2.24, 2.45) is 0 Å². The van der Waals surface area contributed by atoms with E-state index >= 15 is 0 Å². The molecule has 0 saturated carbocycles. The predicted molar refractivity (Wildman–Crippen MR) is 75.8 cm³/mol. The monoisotopic (exact) mass is 325 g/mol. The van der Waals surface area contributed by atoms with E-state index in [-0.39, 0.29) is 12.3 Å². The number of hydrogen-bond donors (Lipinski definition) is 1. The highest BCUT2D eigenvalue weighted by Gasteiger charge is 2.11. The van der Waals surface area contributed by atoms with E-state index < -0.39 is 5.82 Å². The van der Waals surface area contributed by atoms with Crippen molar-refractivity contribution in [1.29, 1.82) is 0 Å². The Labute approximate surface area is 119 Å². The quantitative estimate of drug-likeness (QED) is 0.870. The molecule has 0 spiro atoms. The number of rotatable bonds is 4. The van der Waals surface area contributed by atoms with Crippen molar-refractivity contribution in [3.05, 3.63) is 52.3 Å². The largest absolute Gasteiger partial charge is 0.493 e. The average Bonchev–Trinajstić information content (AvgIpc) is 2.41. The molecule has 0 unspecified atom stereocenters. The Bertz CT molecular complexity index is 590. The molecule has 19 heavy (non-hydrogen) atoms. The number of ether oxygens (including phenoxy) is 2. The lowest BCUT2D eigenvalue weighted by molar-refractivity contribution is 0.278. The van der Waals surface area contributed by atoms with Crippen LogP contribution in [0.3, 0.4) is 0 Å². The van der Waals surface area contributed by atoms with Gasteiger partial charge in [0.25, 0.3) is 0 Å². The van der Waals surface area contributed by atoms with E-state index in [0.717, 1.165) is 4.47 Å². The van der Waals surface area contributed by atoms with Crippen LogP contribution in [0.4, 0.5) is 10.1 Å². The number of nitrogen functional groups attached to an aromatic ring is 1. The van der Waals surface area contributed by atoms with Crippen molar-refractivity contribution in [3.63, 3.8) is 0 Å². The molecule has 0 bridgehead atoms. The van der Waals surface area contributed by atoms with E-state index in [1.165, 1.54) is 6.07 Å². The van der Waals surface area contributed by atoms with Gasteiger partial charge in [0.15, 0.2) is 17.3 Å². The lowest BCUT2D eigenvalue weighted by atomic mass is 10.2. The van der Waals surface area contributed by atoms with Crippen molar-refractivity contribution in [3.8, 4) is 11.5 Å². The highest BCUT2D eigenvalue weighted by atomic mass is 79.9. The van der Waals surface area contributed by atoms with Gasteiger partial charge in [-0.25, -0.2) is 4.39 Å². The summed E-state index contributed by atoms with van der Waals surface area (Å²) in [4.78, 5) is 0. The first-order valence-electron chi connectivity index (χ1n) is 5.61. The summed E-state index contributed by atoms with van der Waals surface area (Å²) in [6.45, 7) is 0.0792. The third kappa shape index (κ3) is 2.98. The van der Waals surface area contributed by atoms with Crippen LogP contribution in [0.2, 0.25) is 0 Å². The third-order valence-electron chi connectivity index (χ3n) is 2.63. The molecule has 100 valence electrons. The Balaban J connectivity index is 2.21. The predicted octanol–water partition coefficient (Wildman–Crippen LogP) is 3.76. The lowest BCUT2D eigenvalue weighted by Crippen LogP contribution is -2.02. The number of benzene rings is 2. The van der Waals surface area contributed by atoms with Crippen molar-refractivity contribution in [2.75, 3.05) is 12.8 Å². The van der Waals surface area contributed by atoms with Gasteiger partial charge in [0.1, 0.15) is 6.61 Å². The Morgan fingerprint density at radius 2 is 1.95 bits per heavy atom. The molecular formula is C14H13BrFNO2. The molecule has 0 saturated heterocycles. The maximum absolute atomic E-state index is 13.7. The molecule has 0 aliphatic carbocycles. The topological polar surface area (TPSA) is 44.5 Å². The van der Waals surface area contributed by atoms with E-state index in [1.54, 1.807) is 25.3 Å². The molecule has 2 rings (SSSR count). The number of para-hydroxylation sites is 1. The van der Waals surface area contributed by atoms with Crippen molar-refractivity contribution >= 4 is 21.6 Å². The second-order valence-corrected chi connectivity index (χ2v) is 4.73. The maximum Gasteiger partial charge on any atom is 0.175 e. The number of nitrogens with two attached hydrogens (primary N) is 1. The highest BCUT2D eigenvalue weighted by Crippen LogP contribution is 2.35. The minimum absolute atomic E-state index is 0.0792. The van der Waals surface area contributed by atoms with Crippen molar-refractivity contribution in [1.82, 2.24) is 0 Å². The Hall–Kier alpha value is -1.75. The maximum atomic E-state index is 13.7. The smallest absolute Gasteiger partial charge is 0.175 e. The van der Waals surface area contributed by atoms with Gasteiger partial charge in [-0.1, -0.05) is 18.2 Å². The van der Waals surface area contributed by atoms with Crippen LogP contribution in [0.1, 0.15) is 5.56 Å². The highest BCUT2D eigenvalue weighted by molar-refractivity contribution is 9.10. The van der Waals surface area contributed by atoms with E-state index in [0.29, 0.717) is 17.1 Å². The van der Waals surface area contributed by atoms with Crippen LogP contribution in [0.25, 0.3) is 0 Å².